The van der Waals surface area contributed by atoms with Gasteiger partial charge in [-0.25, -0.2) is 4.98 Å². The molecule has 8 heteroatoms. The third-order valence-electron chi connectivity index (χ3n) is 3.93. The molecule has 1 atom stereocenters. The molecule has 0 radical (unpaired) electrons. The van der Waals surface area contributed by atoms with Crippen molar-refractivity contribution in [2.24, 2.45) is 0 Å². The fraction of sp³-hybridized carbons (Fsp3) is 0.176. The summed E-state index contributed by atoms with van der Waals surface area (Å²) in [6, 6.07) is 8.04. The van der Waals surface area contributed by atoms with E-state index in [0.717, 1.165) is 4.88 Å². The van der Waals surface area contributed by atoms with E-state index in [1.807, 2.05) is 17.5 Å². The SMILES string of the molecule is O=C1CCC(NC(=O)c2ccc3nc(-c4cccs4)oc3c2)C(=O)N1. The first-order chi connectivity index (χ1) is 12.1. The Morgan fingerprint density at radius 3 is 2.96 bits per heavy atom. The number of carbonyl (C=O) groups is 3. The second kappa shape index (κ2) is 6.14. The number of oxazole rings is 1. The Balaban J connectivity index is 1.55. The summed E-state index contributed by atoms with van der Waals surface area (Å²) in [5.74, 6) is -0.691. The molecule has 1 aliphatic heterocycles. The number of hydrogen-bond acceptors (Lipinski definition) is 6. The summed E-state index contributed by atoms with van der Waals surface area (Å²) in [5, 5.41) is 6.79. The number of fused-ring (bicyclic) bond motifs is 1. The van der Waals surface area contributed by atoms with Crippen LogP contribution in [-0.2, 0) is 9.59 Å². The summed E-state index contributed by atoms with van der Waals surface area (Å²) >= 11 is 1.52. The third kappa shape index (κ3) is 3.03. The molecular weight excluding hydrogens is 342 g/mol. The van der Waals surface area contributed by atoms with Crippen molar-refractivity contribution in [3.63, 3.8) is 0 Å². The Morgan fingerprint density at radius 1 is 1.32 bits per heavy atom. The van der Waals surface area contributed by atoms with E-state index in [1.165, 1.54) is 11.3 Å². The van der Waals surface area contributed by atoms with E-state index in [2.05, 4.69) is 15.6 Å². The van der Waals surface area contributed by atoms with E-state index in [9.17, 15) is 14.4 Å². The van der Waals surface area contributed by atoms with Crippen LogP contribution in [0.5, 0.6) is 0 Å². The second-order valence-electron chi connectivity index (χ2n) is 5.66. The van der Waals surface area contributed by atoms with Gasteiger partial charge >= 0.3 is 0 Å². The Morgan fingerprint density at radius 2 is 2.20 bits per heavy atom. The minimum atomic E-state index is -0.711. The molecule has 0 bridgehead atoms. The number of nitrogens with one attached hydrogen (secondary N) is 2. The summed E-state index contributed by atoms with van der Waals surface area (Å²) in [6.45, 7) is 0. The maximum absolute atomic E-state index is 12.4. The topological polar surface area (TPSA) is 101 Å². The minimum absolute atomic E-state index is 0.210. The van der Waals surface area contributed by atoms with Crippen molar-refractivity contribution in [1.82, 2.24) is 15.6 Å². The lowest BCUT2D eigenvalue weighted by Gasteiger charge is -2.21. The molecule has 4 rings (SSSR count). The van der Waals surface area contributed by atoms with Gasteiger partial charge in [-0.3, -0.25) is 19.7 Å². The summed E-state index contributed by atoms with van der Waals surface area (Å²) < 4.78 is 5.72. The number of thiophene rings is 1. The highest BCUT2D eigenvalue weighted by Gasteiger charge is 2.28. The van der Waals surface area contributed by atoms with Gasteiger partial charge < -0.3 is 9.73 Å². The predicted octanol–water partition coefficient (Wildman–Crippen LogP) is 2.09. The Bertz CT molecular complexity index is 977. The lowest BCUT2D eigenvalue weighted by Crippen LogP contribution is -2.52. The van der Waals surface area contributed by atoms with Crippen LogP contribution in [0.2, 0.25) is 0 Å². The van der Waals surface area contributed by atoms with E-state index in [0.29, 0.717) is 29.0 Å². The number of carbonyl (C=O) groups excluding carboxylic acids is 3. The third-order valence-corrected chi connectivity index (χ3v) is 4.78. The van der Waals surface area contributed by atoms with Crippen LogP contribution in [0, 0.1) is 0 Å². The van der Waals surface area contributed by atoms with Crippen LogP contribution in [0.4, 0.5) is 0 Å². The summed E-state index contributed by atoms with van der Waals surface area (Å²) in [4.78, 5) is 40.6. The summed E-state index contributed by atoms with van der Waals surface area (Å²) in [5.41, 5.74) is 1.52. The van der Waals surface area contributed by atoms with Crippen molar-refractivity contribution in [2.45, 2.75) is 18.9 Å². The van der Waals surface area contributed by atoms with E-state index in [-0.39, 0.29) is 12.3 Å². The maximum atomic E-state index is 12.4. The molecule has 25 heavy (non-hydrogen) atoms. The molecule has 0 saturated carbocycles. The van der Waals surface area contributed by atoms with Crippen LogP contribution in [0.25, 0.3) is 21.9 Å². The smallest absolute Gasteiger partial charge is 0.252 e. The van der Waals surface area contributed by atoms with Crippen LogP contribution in [0.3, 0.4) is 0 Å². The van der Waals surface area contributed by atoms with Crippen LogP contribution in [0.15, 0.2) is 40.1 Å². The average Bonchev–Trinajstić information content (AvgIpc) is 3.25. The number of piperidine rings is 1. The lowest BCUT2D eigenvalue weighted by molar-refractivity contribution is -0.134. The fourth-order valence-electron chi connectivity index (χ4n) is 2.64. The Labute approximate surface area is 146 Å². The fourth-order valence-corrected chi connectivity index (χ4v) is 3.29. The van der Waals surface area contributed by atoms with Crippen molar-refractivity contribution in [3.8, 4) is 10.8 Å². The van der Waals surface area contributed by atoms with Crippen molar-refractivity contribution in [3.05, 3.63) is 41.3 Å². The van der Waals surface area contributed by atoms with Gasteiger partial charge in [-0.2, -0.15) is 0 Å². The molecule has 3 heterocycles. The monoisotopic (exact) mass is 355 g/mol. The molecule has 7 nitrogen and oxygen atoms in total. The number of rotatable bonds is 3. The molecule has 3 amide bonds. The number of aromatic nitrogens is 1. The molecular formula is C17H13N3O4S. The molecule has 3 aromatic rings. The van der Waals surface area contributed by atoms with E-state index in [4.69, 9.17) is 4.42 Å². The van der Waals surface area contributed by atoms with Gasteiger partial charge in [0.25, 0.3) is 5.91 Å². The molecule has 1 fully saturated rings. The highest BCUT2D eigenvalue weighted by atomic mass is 32.1. The molecule has 1 unspecified atom stereocenters. The number of hydrogen-bond donors (Lipinski definition) is 2. The van der Waals surface area contributed by atoms with Gasteiger partial charge in [-0.15, -0.1) is 11.3 Å². The quantitative estimate of drug-likeness (QED) is 0.701. The van der Waals surface area contributed by atoms with Gasteiger partial charge in [0.2, 0.25) is 17.7 Å². The molecule has 1 saturated heterocycles. The highest BCUT2D eigenvalue weighted by molar-refractivity contribution is 7.13. The van der Waals surface area contributed by atoms with E-state index < -0.39 is 17.9 Å². The van der Waals surface area contributed by atoms with Crippen molar-refractivity contribution >= 4 is 40.2 Å². The first kappa shape index (κ1) is 15.5. The number of amides is 3. The summed E-state index contributed by atoms with van der Waals surface area (Å²) in [6.07, 6.45) is 0.505. The first-order valence-electron chi connectivity index (χ1n) is 7.69. The number of nitrogens with zero attached hydrogens (tertiary/aromatic N) is 1. The van der Waals surface area contributed by atoms with E-state index in [1.54, 1.807) is 18.2 Å². The van der Waals surface area contributed by atoms with Crippen molar-refractivity contribution in [2.75, 3.05) is 0 Å². The van der Waals surface area contributed by atoms with Gasteiger partial charge in [0.05, 0.1) is 4.88 Å². The molecule has 0 spiro atoms. The van der Waals surface area contributed by atoms with Crippen molar-refractivity contribution < 1.29 is 18.8 Å². The number of benzene rings is 1. The lowest BCUT2D eigenvalue weighted by atomic mass is 10.1. The highest BCUT2D eigenvalue weighted by Crippen LogP contribution is 2.28. The van der Waals surface area contributed by atoms with Crippen molar-refractivity contribution in [1.29, 1.82) is 0 Å². The predicted molar refractivity (Wildman–Crippen MR) is 91.0 cm³/mol. The summed E-state index contributed by atoms with van der Waals surface area (Å²) in [7, 11) is 0. The van der Waals surface area contributed by atoms with Gasteiger partial charge in [-0.05, 0) is 36.1 Å². The van der Waals surface area contributed by atoms with E-state index >= 15 is 0 Å². The zero-order valence-corrected chi connectivity index (χ0v) is 13.8. The second-order valence-corrected chi connectivity index (χ2v) is 6.60. The molecule has 2 N–H and O–H groups in total. The first-order valence-corrected chi connectivity index (χ1v) is 8.57. The number of imide groups is 1. The Hall–Kier alpha value is -3.00. The van der Waals surface area contributed by atoms with Crippen LogP contribution in [-0.4, -0.2) is 28.7 Å². The zero-order chi connectivity index (χ0) is 17.4. The van der Waals surface area contributed by atoms with Gasteiger partial charge in [0.15, 0.2) is 5.58 Å². The molecule has 126 valence electrons. The largest absolute Gasteiger partial charge is 0.435 e. The Kier molecular flexibility index (Phi) is 3.81. The normalized spacial score (nSPS) is 17.5. The molecule has 2 aromatic heterocycles. The van der Waals surface area contributed by atoms with Crippen LogP contribution in [0.1, 0.15) is 23.2 Å². The van der Waals surface area contributed by atoms with Crippen LogP contribution < -0.4 is 10.6 Å². The zero-order valence-electron chi connectivity index (χ0n) is 12.9. The molecule has 1 aromatic carbocycles. The maximum Gasteiger partial charge on any atom is 0.252 e. The minimum Gasteiger partial charge on any atom is -0.435 e. The molecule has 1 aliphatic rings. The van der Waals surface area contributed by atoms with Crippen LogP contribution >= 0.6 is 11.3 Å². The molecule has 0 aliphatic carbocycles. The van der Waals surface area contributed by atoms with Gasteiger partial charge in [-0.1, -0.05) is 6.07 Å². The van der Waals surface area contributed by atoms with Gasteiger partial charge in [0.1, 0.15) is 11.6 Å². The average molecular weight is 355 g/mol. The van der Waals surface area contributed by atoms with Gasteiger partial charge in [0, 0.05) is 12.0 Å². The standard InChI is InChI=1S/C17H13N3O4S/c21-14-6-5-11(16(23)20-14)18-15(22)9-3-4-10-12(8-9)24-17(19-10)13-2-1-7-25-13/h1-4,7-8,11H,5-6H2,(H,18,22)(H,20,21,23).